The number of fused-ring (bicyclic) bond motifs is 1. The van der Waals surface area contributed by atoms with Crippen LogP contribution in [-0.4, -0.2) is 37.9 Å². The lowest BCUT2D eigenvalue weighted by Gasteiger charge is -2.24. The summed E-state index contributed by atoms with van der Waals surface area (Å²) in [7, 11) is -3.48. The van der Waals surface area contributed by atoms with Crippen LogP contribution < -0.4 is 4.72 Å². The molecule has 1 saturated heterocycles. The van der Waals surface area contributed by atoms with E-state index in [1.165, 1.54) is 0 Å². The minimum absolute atomic E-state index is 0.237. The zero-order chi connectivity index (χ0) is 16.9. The highest BCUT2D eigenvalue weighted by Crippen LogP contribution is 2.49. The SMILES string of the molecule is C[C@H]1C[C@@H]2[C@@H](CC(=O)N2C2CC2)[C@@H]1CNS(=O)(=O)c1ccccc1. The number of carbonyl (C=O) groups is 1. The van der Waals surface area contributed by atoms with Gasteiger partial charge in [0.25, 0.3) is 0 Å². The summed E-state index contributed by atoms with van der Waals surface area (Å²) < 4.78 is 27.7. The van der Waals surface area contributed by atoms with E-state index in [0.29, 0.717) is 41.8 Å². The molecule has 3 aliphatic rings. The Labute approximate surface area is 143 Å². The Morgan fingerprint density at radius 1 is 1.21 bits per heavy atom. The van der Waals surface area contributed by atoms with Crippen LogP contribution in [0.15, 0.2) is 35.2 Å². The predicted octanol–water partition coefficient (Wildman–Crippen LogP) is 2.00. The fraction of sp³-hybridized carbons (Fsp3) is 0.611. The van der Waals surface area contributed by atoms with E-state index >= 15 is 0 Å². The average Bonchev–Trinajstić information content (AvgIpc) is 3.27. The lowest BCUT2D eigenvalue weighted by atomic mass is 9.89. The van der Waals surface area contributed by atoms with Crippen LogP contribution in [0.1, 0.15) is 32.6 Å². The number of carbonyl (C=O) groups excluding carboxylic acids is 1. The Kier molecular flexibility index (Phi) is 3.92. The summed E-state index contributed by atoms with van der Waals surface area (Å²) in [6.07, 6.45) is 3.86. The van der Waals surface area contributed by atoms with Crippen LogP contribution in [0, 0.1) is 17.8 Å². The van der Waals surface area contributed by atoms with Crippen LogP contribution >= 0.6 is 0 Å². The van der Waals surface area contributed by atoms with Gasteiger partial charge in [0, 0.05) is 25.0 Å². The van der Waals surface area contributed by atoms with Gasteiger partial charge in [-0.1, -0.05) is 25.1 Å². The molecular formula is C18H24N2O3S. The first-order valence-electron chi connectivity index (χ1n) is 8.83. The molecule has 1 N–H and O–H groups in total. The Hall–Kier alpha value is -1.40. The molecule has 0 bridgehead atoms. The zero-order valence-corrected chi connectivity index (χ0v) is 14.7. The Balaban J connectivity index is 1.46. The maximum absolute atomic E-state index is 12.4. The predicted molar refractivity (Wildman–Crippen MR) is 90.7 cm³/mol. The van der Waals surface area contributed by atoms with Gasteiger partial charge in [-0.05, 0) is 49.1 Å². The molecule has 0 aromatic heterocycles. The quantitative estimate of drug-likeness (QED) is 0.885. The summed E-state index contributed by atoms with van der Waals surface area (Å²) in [5, 5.41) is 0. The number of sulfonamides is 1. The maximum Gasteiger partial charge on any atom is 0.240 e. The van der Waals surface area contributed by atoms with Crippen LogP contribution in [0.4, 0.5) is 0 Å². The lowest BCUT2D eigenvalue weighted by Crippen LogP contribution is -2.36. The minimum atomic E-state index is -3.48. The molecule has 4 atom stereocenters. The number of hydrogen-bond donors (Lipinski definition) is 1. The third kappa shape index (κ3) is 2.75. The van der Waals surface area contributed by atoms with Crippen molar-refractivity contribution in [3.8, 4) is 0 Å². The first kappa shape index (κ1) is 16.1. The van der Waals surface area contributed by atoms with Gasteiger partial charge in [0.2, 0.25) is 15.9 Å². The molecule has 1 aromatic carbocycles. The van der Waals surface area contributed by atoms with Gasteiger partial charge in [0.15, 0.2) is 0 Å². The molecule has 5 nitrogen and oxygen atoms in total. The minimum Gasteiger partial charge on any atom is -0.336 e. The normalized spacial score (nSPS) is 33.0. The fourth-order valence-electron chi connectivity index (χ4n) is 4.61. The highest BCUT2D eigenvalue weighted by Gasteiger charge is 2.53. The van der Waals surface area contributed by atoms with Crippen LogP contribution in [-0.2, 0) is 14.8 Å². The number of nitrogens with one attached hydrogen (secondary N) is 1. The zero-order valence-electron chi connectivity index (χ0n) is 13.9. The molecule has 2 aliphatic carbocycles. The molecule has 0 spiro atoms. The van der Waals surface area contributed by atoms with Gasteiger partial charge in [-0.3, -0.25) is 4.79 Å². The van der Waals surface area contributed by atoms with Crippen molar-refractivity contribution in [2.45, 2.75) is 49.6 Å². The molecule has 3 fully saturated rings. The third-order valence-electron chi connectivity index (χ3n) is 5.95. The second-order valence-electron chi connectivity index (χ2n) is 7.51. The topological polar surface area (TPSA) is 66.5 Å². The molecule has 0 radical (unpaired) electrons. The van der Waals surface area contributed by atoms with E-state index < -0.39 is 10.0 Å². The standard InChI is InChI=1S/C18H24N2O3S/c1-12-9-17-15(10-18(21)20(17)13-7-8-13)16(12)11-19-24(22,23)14-5-3-2-4-6-14/h2-6,12-13,15-17,19H,7-11H2,1H3/t12-,15-,16+,17+/m0/s1. The molecule has 4 rings (SSSR count). The van der Waals surface area contributed by atoms with E-state index in [-0.39, 0.29) is 11.8 Å². The number of rotatable bonds is 5. The largest absolute Gasteiger partial charge is 0.336 e. The molecule has 1 aromatic rings. The van der Waals surface area contributed by atoms with Crippen LogP contribution in [0.25, 0.3) is 0 Å². The van der Waals surface area contributed by atoms with Crippen LogP contribution in [0.3, 0.4) is 0 Å². The van der Waals surface area contributed by atoms with Gasteiger partial charge in [-0.25, -0.2) is 13.1 Å². The van der Waals surface area contributed by atoms with E-state index in [0.717, 1.165) is 19.3 Å². The van der Waals surface area contributed by atoms with Crippen molar-refractivity contribution in [1.29, 1.82) is 0 Å². The lowest BCUT2D eigenvalue weighted by molar-refractivity contribution is -0.129. The van der Waals surface area contributed by atoms with E-state index in [1.54, 1.807) is 30.3 Å². The van der Waals surface area contributed by atoms with Crippen LogP contribution in [0.5, 0.6) is 0 Å². The van der Waals surface area contributed by atoms with Gasteiger partial charge < -0.3 is 4.90 Å². The molecule has 0 unspecified atom stereocenters. The average molecular weight is 348 g/mol. The molecule has 24 heavy (non-hydrogen) atoms. The first-order valence-corrected chi connectivity index (χ1v) is 10.3. The van der Waals surface area contributed by atoms with E-state index in [9.17, 15) is 13.2 Å². The van der Waals surface area contributed by atoms with Gasteiger partial charge in [0.1, 0.15) is 0 Å². The Morgan fingerprint density at radius 3 is 2.58 bits per heavy atom. The highest BCUT2D eigenvalue weighted by atomic mass is 32.2. The number of nitrogens with zero attached hydrogens (tertiary/aromatic N) is 1. The number of benzene rings is 1. The molecule has 1 aliphatic heterocycles. The molecule has 2 saturated carbocycles. The van der Waals surface area contributed by atoms with Gasteiger partial charge >= 0.3 is 0 Å². The first-order chi connectivity index (χ1) is 11.5. The third-order valence-corrected chi connectivity index (χ3v) is 7.39. The summed E-state index contributed by atoms with van der Waals surface area (Å²) in [5.74, 6) is 1.25. The Morgan fingerprint density at radius 2 is 1.92 bits per heavy atom. The second-order valence-corrected chi connectivity index (χ2v) is 9.28. The summed E-state index contributed by atoms with van der Waals surface area (Å²) >= 11 is 0. The highest BCUT2D eigenvalue weighted by molar-refractivity contribution is 7.89. The summed E-state index contributed by atoms with van der Waals surface area (Å²) in [6, 6.07) is 9.26. The van der Waals surface area contributed by atoms with Crippen molar-refractivity contribution in [3.05, 3.63) is 30.3 Å². The van der Waals surface area contributed by atoms with Crippen molar-refractivity contribution in [3.63, 3.8) is 0 Å². The van der Waals surface area contributed by atoms with Gasteiger partial charge in [-0.2, -0.15) is 0 Å². The fourth-order valence-corrected chi connectivity index (χ4v) is 5.70. The van der Waals surface area contributed by atoms with E-state index in [1.807, 2.05) is 0 Å². The molecule has 1 heterocycles. The smallest absolute Gasteiger partial charge is 0.240 e. The van der Waals surface area contributed by atoms with Crippen molar-refractivity contribution in [1.82, 2.24) is 9.62 Å². The summed E-state index contributed by atoms with van der Waals surface area (Å²) in [4.78, 5) is 14.7. The number of amides is 1. The van der Waals surface area contributed by atoms with Gasteiger partial charge in [0.05, 0.1) is 4.90 Å². The maximum atomic E-state index is 12.4. The monoisotopic (exact) mass is 348 g/mol. The van der Waals surface area contributed by atoms with E-state index in [2.05, 4.69) is 16.5 Å². The molecule has 6 heteroatoms. The number of hydrogen-bond acceptors (Lipinski definition) is 3. The number of likely N-dealkylation sites (tertiary alicyclic amines) is 1. The summed E-state index contributed by atoms with van der Waals surface area (Å²) in [6.45, 7) is 2.61. The second kappa shape index (κ2) is 5.85. The van der Waals surface area contributed by atoms with Crippen molar-refractivity contribution in [2.75, 3.05) is 6.54 Å². The Bertz CT molecular complexity index is 730. The molecular weight excluding hydrogens is 324 g/mol. The molecule has 1 amide bonds. The van der Waals surface area contributed by atoms with Crippen molar-refractivity contribution >= 4 is 15.9 Å². The molecule has 130 valence electrons. The van der Waals surface area contributed by atoms with Crippen molar-refractivity contribution < 1.29 is 13.2 Å². The summed E-state index contributed by atoms with van der Waals surface area (Å²) in [5.41, 5.74) is 0. The van der Waals surface area contributed by atoms with Crippen LogP contribution in [0.2, 0.25) is 0 Å². The van der Waals surface area contributed by atoms with Gasteiger partial charge in [-0.15, -0.1) is 0 Å². The van der Waals surface area contributed by atoms with E-state index in [4.69, 9.17) is 0 Å². The van der Waals surface area contributed by atoms with Crippen molar-refractivity contribution in [2.24, 2.45) is 17.8 Å².